The molecule has 0 saturated carbocycles. The van der Waals surface area contributed by atoms with Gasteiger partial charge < -0.3 is 10.6 Å². The van der Waals surface area contributed by atoms with E-state index in [4.69, 9.17) is 17.3 Å². The van der Waals surface area contributed by atoms with E-state index in [1.165, 1.54) is 11.3 Å². The van der Waals surface area contributed by atoms with Crippen molar-refractivity contribution in [2.45, 2.75) is 19.5 Å². The minimum absolute atomic E-state index is 0. The van der Waals surface area contributed by atoms with Gasteiger partial charge in [0.2, 0.25) is 5.91 Å². The smallest absolute Gasteiger partial charge is 0.239 e. The molecule has 0 aliphatic rings. The number of amides is 1. The van der Waals surface area contributed by atoms with Crippen LogP contribution in [0.25, 0.3) is 0 Å². The maximum Gasteiger partial charge on any atom is 0.239 e. The lowest BCUT2D eigenvalue weighted by Crippen LogP contribution is -2.39. The molecule has 86 valence electrons. The minimum Gasteiger partial charge on any atom is -0.339 e. The van der Waals surface area contributed by atoms with Gasteiger partial charge >= 0.3 is 0 Å². The first-order valence-electron chi connectivity index (χ1n) is 4.25. The summed E-state index contributed by atoms with van der Waals surface area (Å²) in [6.45, 7) is 2.25. The van der Waals surface area contributed by atoms with Crippen LogP contribution in [0, 0.1) is 0 Å². The summed E-state index contributed by atoms with van der Waals surface area (Å²) in [5, 5.41) is 0. The van der Waals surface area contributed by atoms with E-state index >= 15 is 0 Å². The summed E-state index contributed by atoms with van der Waals surface area (Å²) < 4.78 is 0.738. The lowest BCUT2D eigenvalue weighted by molar-refractivity contribution is -0.131. The van der Waals surface area contributed by atoms with E-state index in [0.717, 1.165) is 9.21 Å². The topological polar surface area (TPSA) is 46.3 Å². The maximum absolute atomic E-state index is 11.4. The third-order valence-electron chi connectivity index (χ3n) is 1.79. The molecule has 0 fully saturated rings. The zero-order valence-corrected chi connectivity index (χ0v) is 11.0. The van der Waals surface area contributed by atoms with Crippen LogP contribution in [0.5, 0.6) is 0 Å². The van der Waals surface area contributed by atoms with Gasteiger partial charge in [0.25, 0.3) is 0 Å². The molecule has 0 saturated heterocycles. The van der Waals surface area contributed by atoms with Gasteiger partial charge in [-0.1, -0.05) is 11.6 Å². The number of carbonyl (C=O) groups excluding carboxylic acids is 1. The van der Waals surface area contributed by atoms with Crippen LogP contribution in [0.1, 0.15) is 11.8 Å². The van der Waals surface area contributed by atoms with Gasteiger partial charge in [-0.25, -0.2) is 0 Å². The van der Waals surface area contributed by atoms with Crippen molar-refractivity contribution in [1.82, 2.24) is 4.90 Å². The van der Waals surface area contributed by atoms with Gasteiger partial charge in [-0.3, -0.25) is 4.79 Å². The van der Waals surface area contributed by atoms with Crippen molar-refractivity contribution in [3.05, 3.63) is 21.3 Å². The molecule has 0 aliphatic carbocycles. The highest BCUT2D eigenvalue weighted by Gasteiger charge is 2.13. The average Bonchev–Trinajstić information content (AvgIpc) is 2.49. The van der Waals surface area contributed by atoms with Crippen LogP contribution >= 0.6 is 35.3 Å². The molecule has 1 amide bonds. The van der Waals surface area contributed by atoms with Crippen molar-refractivity contribution in [2.75, 3.05) is 7.05 Å². The largest absolute Gasteiger partial charge is 0.339 e. The minimum atomic E-state index is -0.449. The van der Waals surface area contributed by atoms with Gasteiger partial charge in [0.1, 0.15) is 0 Å². The molecule has 1 heterocycles. The van der Waals surface area contributed by atoms with E-state index in [0.29, 0.717) is 6.54 Å². The Balaban J connectivity index is 0.00000196. The van der Waals surface area contributed by atoms with Gasteiger partial charge in [0, 0.05) is 11.9 Å². The number of hydrogen-bond donors (Lipinski definition) is 1. The van der Waals surface area contributed by atoms with Crippen molar-refractivity contribution >= 4 is 41.3 Å². The second-order valence-electron chi connectivity index (χ2n) is 3.19. The number of likely N-dealkylation sites (N-methyl/N-ethyl adjacent to an activating group) is 1. The Kier molecular flexibility index (Phi) is 6.20. The molecule has 0 radical (unpaired) electrons. The molecular formula is C9H14Cl2N2OS. The predicted molar refractivity (Wildman–Crippen MR) is 66.7 cm³/mol. The highest BCUT2D eigenvalue weighted by Crippen LogP contribution is 2.22. The van der Waals surface area contributed by atoms with Gasteiger partial charge in [0.15, 0.2) is 0 Å². The molecule has 0 aliphatic heterocycles. The molecule has 1 atom stereocenters. The number of carbonyl (C=O) groups is 1. The summed E-state index contributed by atoms with van der Waals surface area (Å²) in [6.07, 6.45) is 0. The van der Waals surface area contributed by atoms with Crippen molar-refractivity contribution < 1.29 is 4.79 Å². The normalized spacial score (nSPS) is 11.7. The molecule has 0 spiro atoms. The highest BCUT2D eigenvalue weighted by molar-refractivity contribution is 7.16. The first-order valence-corrected chi connectivity index (χ1v) is 5.45. The van der Waals surface area contributed by atoms with Crippen LogP contribution in [-0.2, 0) is 11.3 Å². The Hall–Kier alpha value is -0.290. The highest BCUT2D eigenvalue weighted by atomic mass is 35.5. The summed E-state index contributed by atoms with van der Waals surface area (Å²) >= 11 is 7.25. The van der Waals surface area contributed by atoms with Crippen molar-refractivity contribution in [1.29, 1.82) is 0 Å². The first kappa shape index (κ1) is 14.7. The van der Waals surface area contributed by atoms with Crippen molar-refractivity contribution in [3.63, 3.8) is 0 Å². The quantitative estimate of drug-likeness (QED) is 0.913. The summed E-state index contributed by atoms with van der Waals surface area (Å²) in [5.41, 5.74) is 5.48. The monoisotopic (exact) mass is 268 g/mol. The summed E-state index contributed by atoms with van der Waals surface area (Å²) in [6, 6.07) is 3.29. The van der Waals surface area contributed by atoms with E-state index in [-0.39, 0.29) is 18.3 Å². The third-order valence-corrected chi connectivity index (χ3v) is 3.00. The number of halogens is 2. The Morgan fingerprint density at radius 1 is 1.67 bits per heavy atom. The Morgan fingerprint density at radius 2 is 2.27 bits per heavy atom. The van der Waals surface area contributed by atoms with Gasteiger partial charge in [-0.2, -0.15) is 0 Å². The SMILES string of the molecule is C[C@@H](N)C(=O)N(C)Cc1ccc(Cl)s1.Cl. The second kappa shape index (κ2) is 6.33. The van der Waals surface area contributed by atoms with E-state index in [2.05, 4.69) is 0 Å². The lowest BCUT2D eigenvalue weighted by Gasteiger charge is -2.18. The lowest BCUT2D eigenvalue weighted by atomic mass is 10.3. The van der Waals surface area contributed by atoms with Crippen LogP contribution in [-0.4, -0.2) is 23.9 Å². The fraction of sp³-hybridized carbons (Fsp3) is 0.444. The molecule has 1 rings (SSSR count). The second-order valence-corrected chi connectivity index (χ2v) is 4.99. The number of thiophene rings is 1. The van der Waals surface area contributed by atoms with E-state index in [1.807, 2.05) is 12.1 Å². The molecule has 3 nitrogen and oxygen atoms in total. The number of nitrogens with zero attached hydrogens (tertiary/aromatic N) is 1. The van der Waals surface area contributed by atoms with Crippen LogP contribution < -0.4 is 5.73 Å². The summed E-state index contributed by atoms with van der Waals surface area (Å²) in [4.78, 5) is 14.1. The van der Waals surface area contributed by atoms with Crippen LogP contribution in [0.3, 0.4) is 0 Å². The molecule has 0 bridgehead atoms. The average molecular weight is 269 g/mol. The molecular weight excluding hydrogens is 255 g/mol. The molecule has 6 heteroatoms. The molecule has 1 aromatic heterocycles. The van der Waals surface area contributed by atoms with Crippen molar-refractivity contribution in [3.8, 4) is 0 Å². The maximum atomic E-state index is 11.4. The zero-order chi connectivity index (χ0) is 10.7. The molecule has 1 aromatic rings. The Bertz CT molecular complexity index is 328. The van der Waals surface area contributed by atoms with Crippen molar-refractivity contribution in [2.24, 2.45) is 5.73 Å². The molecule has 15 heavy (non-hydrogen) atoms. The molecule has 0 unspecified atom stereocenters. The van der Waals surface area contributed by atoms with Crippen LogP contribution in [0.2, 0.25) is 4.34 Å². The fourth-order valence-corrected chi connectivity index (χ4v) is 2.24. The van der Waals surface area contributed by atoms with Gasteiger partial charge in [0.05, 0.1) is 16.9 Å². The zero-order valence-electron chi connectivity index (χ0n) is 8.57. The number of nitrogens with two attached hydrogens (primary N) is 1. The van der Waals surface area contributed by atoms with Crippen LogP contribution in [0.15, 0.2) is 12.1 Å². The molecule has 0 aromatic carbocycles. The first-order chi connectivity index (χ1) is 6.50. The van der Waals surface area contributed by atoms with E-state index < -0.39 is 6.04 Å². The van der Waals surface area contributed by atoms with Gasteiger partial charge in [-0.05, 0) is 19.1 Å². The van der Waals surface area contributed by atoms with Crippen LogP contribution in [0.4, 0.5) is 0 Å². The molecule has 2 N–H and O–H groups in total. The standard InChI is InChI=1S/C9H13ClN2OS.ClH/c1-6(11)9(13)12(2)5-7-3-4-8(10)14-7;/h3-4,6H,5,11H2,1-2H3;1H/t6-;/m1./s1. The summed E-state index contributed by atoms with van der Waals surface area (Å²) in [7, 11) is 1.74. The fourth-order valence-electron chi connectivity index (χ4n) is 1.10. The summed E-state index contributed by atoms with van der Waals surface area (Å²) in [5.74, 6) is -0.0606. The Morgan fingerprint density at radius 3 is 2.67 bits per heavy atom. The predicted octanol–water partition coefficient (Wildman–Crippen LogP) is 2.13. The number of rotatable bonds is 3. The van der Waals surface area contributed by atoms with E-state index in [1.54, 1.807) is 18.9 Å². The van der Waals surface area contributed by atoms with E-state index in [9.17, 15) is 4.79 Å². The van der Waals surface area contributed by atoms with Gasteiger partial charge in [-0.15, -0.1) is 23.7 Å². The third kappa shape index (κ3) is 4.38. The number of hydrogen-bond acceptors (Lipinski definition) is 3. The Labute approximate surface area is 105 Å².